The molecule has 0 spiro atoms. The molecule has 7 heteroatoms. The molecule has 7 nitrogen and oxygen atoms in total. The van der Waals surface area contributed by atoms with Crippen LogP contribution in [0.3, 0.4) is 0 Å². The molecule has 108 valence electrons. The van der Waals surface area contributed by atoms with E-state index in [1.165, 1.54) is 6.33 Å². The number of nitrogen functional groups attached to an aromatic ring is 1. The third-order valence-electron chi connectivity index (χ3n) is 2.64. The summed E-state index contributed by atoms with van der Waals surface area (Å²) in [4.78, 5) is 8.16. The van der Waals surface area contributed by atoms with Gasteiger partial charge in [-0.15, -0.1) is 0 Å². The van der Waals surface area contributed by atoms with Crippen molar-refractivity contribution in [3.8, 4) is 5.88 Å². The molecule has 2 aromatic rings. The molecule has 0 aliphatic carbocycles. The van der Waals surface area contributed by atoms with Gasteiger partial charge in [-0.25, -0.2) is 4.98 Å². The average molecular weight is 276 g/mol. The molecule has 2 heterocycles. The van der Waals surface area contributed by atoms with E-state index in [1.807, 2.05) is 33.2 Å². The van der Waals surface area contributed by atoms with E-state index in [1.54, 1.807) is 4.68 Å². The summed E-state index contributed by atoms with van der Waals surface area (Å²) in [6, 6.07) is 1.98. The van der Waals surface area contributed by atoms with Crippen LogP contribution in [-0.2, 0) is 13.5 Å². The fraction of sp³-hybridized carbons (Fsp3) is 0.462. The van der Waals surface area contributed by atoms with Gasteiger partial charge < -0.3 is 15.8 Å². The van der Waals surface area contributed by atoms with Crippen molar-refractivity contribution >= 4 is 11.5 Å². The Kier molecular flexibility index (Phi) is 4.39. The molecule has 2 aromatic heterocycles. The molecule has 0 radical (unpaired) electrons. The van der Waals surface area contributed by atoms with Crippen molar-refractivity contribution in [3.63, 3.8) is 0 Å². The number of anilines is 2. The molecular weight excluding hydrogens is 256 g/mol. The third kappa shape index (κ3) is 3.59. The van der Waals surface area contributed by atoms with Crippen LogP contribution in [0.5, 0.6) is 5.88 Å². The van der Waals surface area contributed by atoms with Crippen LogP contribution in [0.15, 0.2) is 18.6 Å². The van der Waals surface area contributed by atoms with E-state index in [-0.39, 0.29) is 6.10 Å². The summed E-state index contributed by atoms with van der Waals surface area (Å²) in [6.07, 6.45) is 4.18. The smallest absolute Gasteiger partial charge is 0.242 e. The molecule has 0 saturated heterocycles. The molecule has 0 bridgehead atoms. The van der Waals surface area contributed by atoms with Crippen molar-refractivity contribution < 1.29 is 4.74 Å². The maximum Gasteiger partial charge on any atom is 0.242 e. The molecule has 3 N–H and O–H groups in total. The van der Waals surface area contributed by atoms with E-state index in [2.05, 4.69) is 20.4 Å². The maximum atomic E-state index is 5.98. The Hall–Kier alpha value is -2.31. The van der Waals surface area contributed by atoms with Crippen molar-refractivity contribution in [3.05, 3.63) is 24.3 Å². The summed E-state index contributed by atoms with van der Waals surface area (Å²) in [7, 11) is 1.90. The van der Waals surface area contributed by atoms with Crippen molar-refractivity contribution in [1.82, 2.24) is 19.7 Å². The minimum Gasteiger partial charge on any atom is -0.473 e. The Balaban J connectivity index is 1.95. The van der Waals surface area contributed by atoms with E-state index in [0.29, 0.717) is 23.9 Å². The van der Waals surface area contributed by atoms with Gasteiger partial charge >= 0.3 is 0 Å². The number of hydrogen-bond donors (Lipinski definition) is 2. The lowest BCUT2D eigenvalue weighted by Gasteiger charge is -2.13. The van der Waals surface area contributed by atoms with Crippen LogP contribution >= 0.6 is 0 Å². The first-order valence-corrected chi connectivity index (χ1v) is 6.55. The fourth-order valence-electron chi connectivity index (χ4n) is 1.74. The van der Waals surface area contributed by atoms with Gasteiger partial charge in [0.2, 0.25) is 5.88 Å². The minimum atomic E-state index is 0.0218. The lowest BCUT2D eigenvalue weighted by atomic mass is 10.3. The Morgan fingerprint density at radius 3 is 2.85 bits per heavy atom. The highest BCUT2D eigenvalue weighted by Crippen LogP contribution is 2.25. The SMILES string of the molecule is CC(C)Oc1ncnc(NCCc2ccn(C)n2)c1N. The normalized spacial score (nSPS) is 10.8. The number of nitrogens with two attached hydrogens (primary N) is 1. The van der Waals surface area contributed by atoms with E-state index in [4.69, 9.17) is 10.5 Å². The van der Waals surface area contributed by atoms with Crippen LogP contribution in [0.2, 0.25) is 0 Å². The molecule has 0 aliphatic rings. The van der Waals surface area contributed by atoms with Crippen molar-refractivity contribution in [2.75, 3.05) is 17.6 Å². The van der Waals surface area contributed by atoms with Gasteiger partial charge in [0, 0.05) is 26.2 Å². The number of hydrogen-bond acceptors (Lipinski definition) is 6. The summed E-state index contributed by atoms with van der Waals surface area (Å²) in [5.74, 6) is 1.00. The minimum absolute atomic E-state index is 0.0218. The predicted molar refractivity (Wildman–Crippen MR) is 77.6 cm³/mol. The zero-order valence-corrected chi connectivity index (χ0v) is 12.0. The maximum absolute atomic E-state index is 5.98. The van der Waals surface area contributed by atoms with Crippen LogP contribution in [0, 0.1) is 0 Å². The summed E-state index contributed by atoms with van der Waals surface area (Å²) < 4.78 is 7.30. The van der Waals surface area contributed by atoms with E-state index < -0.39 is 0 Å². The van der Waals surface area contributed by atoms with Crippen molar-refractivity contribution in [2.24, 2.45) is 7.05 Å². The van der Waals surface area contributed by atoms with Gasteiger partial charge in [0.25, 0.3) is 0 Å². The number of aromatic nitrogens is 4. The molecule has 0 fully saturated rings. The number of aryl methyl sites for hydroxylation is 1. The van der Waals surface area contributed by atoms with Crippen LogP contribution in [0.4, 0.5) is 11.5 Å². The molecule has 0 saturated carbocycles. The van der Waals surface area contributed by atoms with E-state index in [0.717, 1.165) is 12.1 Å². The van der Waals surface area contributed by atoms with Crippen LogP contribution in [-0.4, -0.2) is 32.4 Å². The van der Waals surface area contributed by atoms with Gasteiger partial charge in [0.05, 0.1) is 11.8 Å². The monoisotopic (exact) mass is 276 g/mol. The molecule has 0 unspecified atom stereocenters. The van der Waals surface area contributed by atoms with E-state index in [9.17, 15) is 0 Å². The Morgan fingerprint density at radius 2 is 2.20 bits per heavy atom. The van der Waals surface area contributed by atoms with Crippen molar-refractivity contribution in [1.29, 1.82) is 0 Å². The van der Waals surface area contributed by atoms with E-state index >= 15 is 0 Å². The van der Waals surface area contributed by atoms with Crippen LogP contribution in [0.1, 0.15) is 19.5 Å². The second-order valence-electron chi connectivity index (χ2n) is 4.77. The Bertz CT molecular complexity index is 566. The van der Waals surface area contributed by atoms with Crippen molar-refractivity contribution in [2.45, 2.75) is 26.4 Å². The number of nitrogens with one attached hydrogen (secondary N) is 1. The van der Waals surface area contributed by atoms with Gasteiger partial charge in [-0.1, -0.05) is 0 Å². The van der Waals surface area contributed by atoms with Gasteiger partial charge in [-0.3, -0.25) is 4.68 Å². The highest BCUT2D eigenvalue weighted by Gasteiger charge is 2.10. The summed E-state index contributed by atoms with van der Waals surface area (Å²) >= 11 is 0. The van der Waals surface area contributed by atoms with Gasteiger partial charge in [-0.2, -0.15) is 10.1 Å². The zero-order chi connectivity index (χ0) is 14.5. The third-order valence-corrected chi connectivity index (χ3v) is 2.64. The summed E-state index contributed by atoms with van der Waals surface area (Å²) in [6.45, 7) is 4.55. The first-order chi connectivity index (χ1) is 9.56. The van der Waals surface area contributed by atoms with Gasteiger partial charge in [0.1, 0.15) is 12.0 Å². The summed E-state index contributed by atoms with van der Waals surface area (Å²) in [5.41, 5.74) is 7.44. The zero-order valence-electron chi connectivity index (χ0n) is 12.0. The molecule has 20 heavy (non-hydrogen) atoms. The van der Waals surface area contributed by atoms with Gasteiger partial charge in [0.15, 0.2) is 5.82 Å². The highest BCUT2D eigenvalue weighted by atomic mass is 16.5. The lowest BCUT2D eigenvalue weighted by molar-refractivity contribution is 0.234. The number of ether oxygens (including phenoxy) is 1. The lowest BCUT2D eigenvalue weighted by Crippen LogP contribution is -2.13. The summed E-state index contributed by atoms with van der Waals surface area (Å²) in [5, 5.41) is 7.49. The molecule has 0 atom stereocenters. The quantitative estimate of drug-likeness (QED) is 0.824. The number of rotatable bonds is 6. The largest absolute Gasteiger partial charge is 0.473 e. The van der Waals surface area contributed by atoms with Gasteiger partial charge in [-0.05, 0) is 19.9 Å². The predicted octanol–water partition coefficient (Wildman–Crippen LogP) is 1.23. The first kappa shape index (κ1) is 14.1. The number of nitrogens with zero attached hydrogens (tertiary/aromatic N) is 4. The average Bonchev–Trinajstić information content (AvgIpc) is 2.79. The fourth-order valence-corrected chi connectivity index (χ4v) is 1.74. The molecular formula is C13H20N6O. The Labute approximate surface area is 118 Å². The van der Waals surface area contributed by atoms with Crippen LogP contribution in [0.25, 0.3) is 0 Å². The topological polar surface area (TPSA) is 90.9 Å². The van der Waals surface area contributed by atoms with Crippen LogP contribution < -0.4 is 15.8 Å². The second kappa shape index (κ2) is 6.23. The standard InChI is InChI=1S/C13H20N6O/c1-9(2)20-13-11(14)12(16-8-17-13)15-6-4-10-5-7-19(3)18-10/h5,7-9H,4,6,14H2,1-3H3,(H,15,16,17). The second-order valence-corrected chi connectivity index (χ2v) is 4.77. The molecule has 0 aromatic carbocycles. The first-order valence-electron chi connectivity index (χ1n) is 6.55. The Morgan fingerprint density at radius 1 is 1.40 bits per heavy atom. The molecule has 0 aliphatic heterocycles. The molecule has 2 rings (SSSR count). The molecule has 0 amide bonds. The highest BCUT2D eigenvalue weighted by molar-refractivity contribution is 5.66.